The van der Waals surface area contributed by atoms with E-state index in [2.05, 4.69) is 0 Å². The molecule has 0 aromatic heterocycles. The van der Waals surface area contributed by atoms with Crippen molar-refractivity contribution in [3.05, 3.63) is 0 Å². The highest BCUT2D eigenvalue weighted by atomic mass is 16.7. The standard InChI is InChI=1S/C10H19NO2/c1-2-9(12)6-11-10-5-3-4-8(10)7-13-11/h8-10,12H,2-7H2,1H3/t8-,9+,10-/m0/s1. The monoisotopic (exact) mass is 185 g/mol. The minimum absolute atomic E-state index is 0.223. The molecule has 1 aliphatic carbocycles. The molecule has 0 radical (unpaired) electrons. The number of hydrogen-bond acceptors (Lipinski definition) is 3. The number of rotatable bonds is 3. The molecule has 1 N–H and O–H groups in total. The second-order valence-electron chi connectivity index (χ2n) is 4.22. The Hall–Kier alpha value is -0.120. The summed E-state index contributed by atoms with van der Waals surface area (Å²) in [5, 5.41) is 11.5. The van der Waals surface area contributed by atoms with Gasteiger partial charge in [0.2, 0.25) is 0 Å². The van der Waals surface area contributed by atoms with Gasteiger partial charge in [-0.25, -0.2) is 0 Å². The molecule has 3 nitrogen and oxygen atoms in total. The van der Waals surface area contributed by atoms with E-state index in [0.717, 1.165) is 18.9 Å². The Morgan fingerprint density at radius 1 is 1.54 bits per heavy atom. The number of hydrogen-bond donors (Lipinski definition) is 1. The van der Waals surface area contributed by atoms with E-state index in [4.69, 9.17) is 4.84 Å². The van der Waals surface area contributed by atoms with Crippen LogP contribution in [0.25, 0.3) is 0 Å². The first-order chi connectivity index (χ1) is 6.31. The Kier molecular flexibility index (Phi) is 2.86. The molecule has 0 bridgehead atoms. The summed E-state index contributed by atoms with van der Waals surface area (Å²) in [6.07, 6.45) is 4.48. The van der Waals surface area contributed by atoms with Gasteiger partial charge in [-0.3, -0.25) is 4.84 Å². The summed E-state index contributed by atoms with van der Waals surface area (Å²) in [6.45, 7) is 3.58. The van der Waals surface area contributed by atoms with Crippen molar-refractivity contribution in [3.63, 3.8) is 0 Å². The van der Waals surface area contributed by atoms with Crippen molar-refractivity contribution in [2.45, 2.75) is 44.8 Å². The number of aliphatic hydroxyl groups excluding tert-OH is 1. The Morgan fingerprint density at radius 3 is 3.15 bits per heavy atom. The van der Waals surface area contributed by atoms with Gasteiger partial charge in [0.15, 0.2) is 0 Å². The Bertz CT molecular complexity index is 174. The third-order valence-corrected chi connectivity index (χ3v) is 3.31. The first-order valence-corrected chi connectivity index (χ1v) is 5.39. The van der Waals surface area contributed by atoms with Crippen LogP contribution >= 0.6 is 0 Å². The van der Waals surface area contributed by atoms with Crippen molar-refractivity contribution in [1.82, 2.24) is 5.06 Å². The quantitative estimate of drug-likeness (QED) is 0.716. The van der Waals surface area contributed by atoms with Crippen LogP contribution in [0.2, 0.25) is 0 Å². The summed E-state index contributed by atoms with van der Waals surface area (Å²) in [4.78, 5) is 5.57. The van der Waals surface area contributed by atoms with Gasteiger partial charge >= 0.3 is 0 Å². The molecular weight excluding hydrogens is 166 g/mol. The molecule has 76 valence electrons. The van der Waals surface area contributed by atoms with Gasteiger partial charge in [0.25, 0.3) is 0 Å². The van der Waals surface area contributed by atoms with Gasteiger partial charge in [-0.15, -0.1) is 0 Å². The zero-order chi connectivity index (χ0) is 9.26. The SMILES string of the molecule is CC[C@@H](O)CN1OC[C@@H]2CCC[C@@H]21. The lowest BCUT2D eigenvalue weighted by molar-refractivity contribution is -0.149. The molecule has 0 aromatic rings. The van der Waals surface area contributed by atoms with E-state index in [9.17, 15) is 5.11 Å². The van der Waals surface area contributed by atoms with Crippen molar-refractivity contribution in [2.75, 3.05) is 13.2 Å². The second-order valence-corrected chi connectivity index (χ2v) is 4.22. The minimum Gasteiger partial charge on any atom is -0.392 e. The highest BCUT2D eigenvalue weighted by molar-refractivity contribution is 4.86. The van der Waals surface area contributed by atoms with Crippen molar-refractivity contribution in [3.8, 4) is 0 Å². The van der Waals surface area contributed by atoms with Crippen molar-refractivity contribution < 1.29 is 9.94 Å². The molecule has 1 aliphatic heterocycles. The lowest BCUT2D eigenvalue weighted by atomic mass is 10.1. The molecule has 1 saturated heterocycles. The van der Waals surface area contributed by atoms with Crippen LogP contribution in [0.5, 0.6) is 0 Å². The first kappa shape index (κ1) is 9.44. The van der Waals surface area contributed by atoms with Gasteiger partial charge in [-0.1, -0.05) is 13.3 Å². The Morgan fingerprint density at radius 2 is 2.38 bits per heavy atom. The molecule has 1 saturated carbocycles. The van der Waals surface area contributed by atoms with Crippen molar-refractivity contribution >= 4 is 0 Å². The number of aliphatic hydroxyl groups is 1. The molecule has 0 aromatic carbocycles. The van der Waals surface area contributed by atoms with E-state index in [0.29, 0.717) is 12.6 Å². The van der Waals surface area contributed by atoms with Crippen LogP contribution in [0.3, 0.4) is 0 Å². The summed E-state index contributed by atoms with van der Waals surface area (Å²) >= 11 is 0. The molecule has 3 atom stereocenters. The predicted molar refractivity (Wildman–Crippen MR) is 50.1 cm³/mol. The van der Waals surface area contributed by atoms with Gasteiger partial charge in [0.05, 0.1) is 19.3 Å². The number of β-amino-alcohol motifs (C(OH)–C–C–N with tert-alkyl or cyclic N) is 1. The van der Waals surface area contributed by atoms with Gasteiger partial charge < -0.3 is 5.11 Å². The number of fused-ring (bicyclic) bond motifs is 1. The highest BCUT2D eigenvalue weighted by Crippen LogP contribution is 2.35. The minimum atomic E-state index is -0.223. The van der Waals surface area contributed by atoms with Crippen LogP contribution in [-0.4, -0.2) is 35.5 Å². The first-order valence-electron chi connectivity index (χ1n) is 5.39. The van der Waals surface area contributed by atoms with Gasteiger partial charge in [0, 0.05) is 12.0 Å². The fraction of sp³-hybridized carbons (Fsp3) is 1.00. The number of nitrogens with zero attached hydrogens (tertiary/aromatic N) is 1. The van der Waals surface area contributed by atoms with E-state index < -0.39 is 0 Å². The topological polar surface area (TPSA) is 32.7 Å². The summed E-state index contributed by atoms with van der Waals surface area (Å²) in [6, 6.07) is 0.598. The molecule has 2 aliphatic rings. The maximum Gasteiger partial charge on any atom is 0.0729 e. The molecule has 1 heterocycles. The van der Waals surface area contributed by atoms with Gasteiger partial charge in [-0.05, 0) is 19.3 Å². The maximum atomic E-state index is 9.52. The maximum absolute atomic E-state index is 9.52. The third kappa shape index (κ3) is 1.87. The smallest absolute Gasteiger partial charge is 0.0729 e. The predicted octanol–water partition coefficient (Wildman–Crippen LogP) is 1.17. The molecule has 0 amide bonds. The third-order valence-electron chi connectivity index (χ3n) is 3.31. The van der Waals surface area contributed by atoms with E-state index in [-0.39, 0.29) is 6.10 Å². The lowest BCUT2D eigenvalue weighted by Gasteiger charge is -2.23. The fourth-order valence-corrected chi connectivity index (χ4v) is 2.40. The summed E-state index contributed by atoms with van der Waals surface area (Å²) < 4.78 is 0. The van der Waals surface area contributed by atoms with E-state index in [1.54, 1.807) is 0 Å². The molecule has 0 spiro atoms. The zero-order valence-electron chi connectivity index (χ0n) is 8.28. The highest BCUT2D eigenvalue weighted by Gasteiger charge is 2.39. The molecule has 0 unspecified atom stereocenters. The van der Waals surface area contributed by atoms with E-state index in [1.165, 1.54) is 19.3 Å². The molecule has 2 rings (SSSR count). The molecule has 3 heteroatoms. The lowest BCUT2D eigenvalue weighted by Crippen LogP contribution is -2.35. The number of hydroxylamine groups is 2. The van der Waals surface area contributed by atoms with Gasteiger partial charge in [-0.2, -0.15) is 5.06 Å². The zero-order valence-corrected chi connectivity index (χ0v) is 8.28. The van der Waals surface area contributed by atoms with Crippen molar-refractivity contribution in [1.29, 1.82) is 0 Å². The molecular formula is C10H19NO2. The largest absolute Gasteiger partial charge is 0.392 e. The van der Waals surface area contributed by atoms with Crippen molar-refractivity contribution in [2.24, 2.45) is 5.92 Å². The Labute approximate surface area is 79.6 Å². The van der Waals surface area contributed by atoms with Crippen LogP contribution in [0.4, 0.5) is 0 Å². The summed E-state index contributed by atoms with van der Waals surface area (Å²) in [5.74, 6) is 0.740. The average molecular weight is 185 g/mol. The average Bonchev–Trinajstić information content (AvgIpc) is 2.69. The van der Waals surface area contributed by atoms with Gasteiger partial charge in [0.1, 0.15) is 0 Å². The molecule has 2 fully saturated rings. The Balaban J connectivity index is 1.86. The van der Waals surface area contributed by atoms with Crippen LogP contribution in [0, 0.1) is 5.92 Å². The van der Waals surface area contributed by atoms with E-state index in [1.807, 2.05) is 12.0 Å². The normalized spacial score (nSPS) is 36.5. The second kappa shape index (κ2) is 3.95. The van der Waals surface area contributed by atoms with Crippen LogP contribution < -0.4 is 0 Å². The van der Waals surface area contributed by atoms with Crippen LogP contribution in [0.15, 0.2) is 0 Å². The van der Waals surface area contributed by atoms with Crippen LogP contribution in [-0.2, 0) is 4.84 Å². The summed E-state index contributed by atoms with van der Waals surface area (Å²) in [5.41, 5.74) is 0. The van der Waals surface area contributed by atoms with E-state index >= 15 is 0 Å². The molecule has 13 heavy (non-hydrogen) atoms. The summed E-state index contributed by atoms with van der Waals surface area (Å²) in [7, 11) is 0. The fourth-order valence-electron chi connectivity index (χ4n) is 2.40. The van der Waals surface area contributed by atoms with Crippen LogP contribution in [0.1, 0.15) is 32.6 Å².